The lowest BCUT2D eigenvalue weighted by Gasteiger charge is -2.18. The lowest BCUT2D eigenvalue weighted by atomic mass is 10.1. The third-order valence-corrected chi connectivity index (χ3v) is 13.7. The van der Waals surface area contributed by atoms with Crippen LogP contribution in [0.4, 0.5) is 0 Å². The third-order valence-electron chi connectivity index (χ3n) is 13.7. The highest BCUT2D eigenvalue weighted by Gasteiger charge is 2.19. The van der Waals surface area contributed by atoms with Crippen molar-refractivity contribution in [2.45, 2.75) is 284 Å². The van der Waals surface area contributed by atoms with Gasteiger partial charge in [0.25, 0.3) is 0 Å². The van der Waals surface area contributed by atoms with Crippen molar-refractivity contribution in [3.05, 3.63) is 170 Å². The van der Waals surface area contributed by atoms with Crippen LogP contribution in [0.5, 0.6) is 0 Å². The Balaban J connectivity index is 4.30. The van der Waals surface area contributed by atoms with Crippen LogP contribution in [0.2, 0.25) is 0 Å². The van der Waals surface area contributed by atoms with Gasteiger partial charge in [0.2, 0.25) is 0 Å². The second-order valence-electron chi connectivity index (χ2n) is 21.6. The van der Waals surface area contributed by atoms with Gasteiger partial charge in [-0.2, -0.15) is 0 Å². The minimum Gasteiger partial charge on any atom is -0.462 e. The number of carbonyl (C=O) groups excluding carboxylic acids is 3. The van der Waals surface area contributed by atoms with E-state index in [9.17, 15) is 14.4 Å². The van der Waals surface area contributed by atoms with Gasteiger partial charge in [0.1, 0.15) is 13.2 Å². The fourth-order valence-corrected chi connectivity index (χ4v) is 8.76. The normalized spacial score (nSPS) is 13.2. The summed E-state index contributed by atoms with van der Waals surface area (Å²) >= 11 is 0. The molecule has 0 N–H and O–H groups in total. The minimum atomic E-state index is -0.800. The number of carbonyl (C=O) groups is 3. The van der Waals surface area contributed by atoms with Crippen molar-refractivity contribution in [1.29, 1.82) is 0 Å². The predicted molar refractivity (Wildman–Crippen MR) is 361 cm³/mol. The zero-order valence-corrected chi connectivity index (χ0v) is 53.4. The van der Waals surface area contributed by atoms with Crippen LogP contribution in [0.1, 0.15) is 278 Å². The van der Waals surface area contributed by atoms with Crippen LogP contribution in [-0.4, -0.2) is 37.2 Å². The summed E-state index contributed by atoms with van der Waals surface area (Å²) in [6, 6.07) is 0. The van der Waals surface area contributed by atoms with Gasteiger partial charge in [-0.3, -0.25) is 14.4 Å². The first-order valence-corrected chi connectivity index (χ1v) is 33.6. The Labute approximate surface area is 511 Å². The molecule has 0 aliphatic rings. The van der Waals surface area contributed by atoms with Crippen LogP contribution in [-0.2, 0) is 28.6 Å². The van der Waals surface area contributed by atoms with E-state index in [1.165, 1.54) is 57.8 Å². The van der Waals surface area contributed by atoms with Crippen LogP contribution in [0.3, 0.4) is 0 Å². The molecule has 0 spiro atoms. The molecule has 0 radical (unpaired) electrons. The number of ether oxygens (including phenoxy) is 3. The Morgan fingerprint density at radius 1 is 0.253 bits per heavy atom. The molecule has 0 aromatic carbocycles. The summed E-state index contributed by atoms with van der Waals surface area (Å²) in [5.41, 5.74) is 0. The summed E-state index contributed by atoms with van der Waals surface area (Å²) < 4.78 is 16.9. The average Bonchev–Trinajstić information content (AvgIpc) is 3.49. The van der Waals surface area contributed by atoms with E-state index in [0.29, 0.717) is 19.3 Å². The summed E-state index contributed by atoms with van der Waals surface area (Å²) in [4.78, 5) is 38.2. The van der Waals surface area contributed by atoms with E-state index in [1.54, 1.807) is 0 Å². The lowest BCUT2D eigenvalue weighted by molar-refractivity contribution is -0.167. The van der Waals surface area contributed by atoms with Gasteiger partial charge in [-0.15, -0.1) is 0 Å². The van der Waals surface area contributed by atoms with Gasteiger partial charge in [0.05, 0.1) is 0 Å². The number of hydrogen-bond acceptors (Lipinski definition) is 6. The second-order valence-corrected chi connectivity index (χ2v) is 21.6. The molecule has 6 nitrogen and oxygen atoms in total. The van der Waals surface area contributed by atoms with Crippen molar-refractivity contribution in [1.82, 2.24) is 0 Å². The molecule has 0 heterocycles. The van der Waals surface area contributed by atoms with Crippen LogP contribution in [0.25, 0.3) is 0 Å². The predicted octanol–water partition coefficient (Wildman–Crippen LogP) is 23.4. The topological polar surface area (TPSA) is 78.9 Å². The molecule has 0 aromatic heterocycles. The standard InChI is InChI=1S/C77H122O6/c1-4-7-10-13-16-19-21-23-25-27-29-31-33-34-35-36-37-38-39-40-41-42-44-45-47-49-51-53-55-58-61-64-67-70-76(79)82-73-74(72-81-75(78)69-66-63-60-57-18-15-12-9-6-3)83-77(80)71-68-65-62-59-56-54-52-50-48-46-43-32-30-28-26-24-22-20-17-14-11-8-5-2/h7-8,10-11,16-17,19-20,23-26,29-32,34-35,37-38,40-41,44-46,48-49,51,74H,4-6,9,12-15,18,21-22,27-28,33,36,39,42-43,47,50,52-73H2,1-3H3/b10-7-,11-8-,19-16-,20-17-,25-23-,26-24-,31-29-,32-30-,35-34-,38-37-,41-40-,45-44-,48-46-,51-49-. The summed E-state index contributed by atoms with van der Waals surface area (Å²) in [6.07, 6.45) is 102. The fraction of sp³-hybridized carbons (Fsp3) is 0.597. The highest BCUT2D eigenvalue weighted by Crippen LogP contribution is 2.15. The lowest BCUT2D eigenvalue weighted by Crippen LogP contribution is -2.30. The number of rotatable bonds is 59. The first-order chi connectivity index (χ1) is 41.0. The molecular formula is C77H122O6. The molecule has 466 valence electrons. The van der Waals surface area contributed by atoms with Gasteiger partial charge in [0, 0.05) is 19.3 Å². The van der Waals surface area contributed by atoms with Gasteiger partial charge in [-0.25, -0.2) is 0 Å². The fourth-order valence-electron chi connectivity index (χ4n) is 8.76. The molecule has 0 bridgehead atoms. The van der Waals surface area contributed by atoms with Crippen LogP contribution in [0, 0.1) is 0 Å². The number of esters is 3. The third kappa shape index (κ3) is 67.4. The molecular weight excluding hydrogens is 1020 g/mol. The molecule has 1 atom stereocenters. The maximum atomic E-state index is 12.9. The zero-order valence-electron chi connectivity index (χ0n) is 53.4. The molecule has 0 aliphatic heterocycles. The van der Waals surface area contributed by atoms with Crippen molar-refractivity contribution >= 4 is 17.9 Å². The van der Waals surface area contributed by atoms with Crippen molar-refractivity contribution in [3.8, 4) is 0 Å². The largest absolute Gasteiger partial charge is 0.462 e. The molecule has 0 amide bonds. The number of allylic oxidation sites excluding steroid dienone is 28. The second kappa shape index (κ2) is 69.3. The molecule has 0 saturated carbocycles. The summed E-state index contributed by atoms with van der Waals surface area (Å²) in [5.74, 6) is -0.931. The quantitative estimate of drug-likeness (QED) is 0.0261. The molecule has 83 heavy (non-hydrogen) atoms. The Bertz CT molecular complexity index is 1890. The van der Waals surface area contributed by atoms with Crippen molar-refractivity contribution in [3.63, 3.8) is 0 Å². The Morgan fingerprint density at radius 3 is 0.735 bits per heavy atom. The van der Waals surface area contributed by atoms with Gasteiger partial charge >= 0.3 is 17.9 Å². The molecule has 0 fully saturated rings. The Morgan fingerprint density at radius 2 is 0.470 bits per heavy atom. The smallest absolute Gasteiger partial charge is 0.306 e. The summed E-state index contributed by atoms with van der Waals surface area (Å²) in [5, 5.41) is 0. The molecule has 0 saturated heterocycles. The average molecular weight is 1140 g/mol. The van der Waals surface area contributed by atoms with Crippen LogP contribution in [0.15, 0.2) is 170 Å². The summed E-state index contributed by atoms with van der Waals surface area (Å²) in [6.45, 7) is 6.36. The molecule has 0 rings (SSSR count). The van der Waals surface area contributed by atoms with E-state index in [-0.39, 0.29) is 31.1 Å². The monoisotopic (exact) mass is 1140 g/mol. The maximum absolute atomic E-state index is 12.9. The molecule has 0 aliphatic carbocycles. The molecule has 6 heteroatoms. The highest BCUT2D eigenvalue weighted by molar-refractivity contribution is 5.71. The van der Waals surface area contributed by atoms with E-state index >= 15 is 0 Å². The molecule has 0 aromatic rings. The van der Waals surface area contributed by atoms with Crippen LogP contribution >= 0.6 is 0 Å². The van der Waals surface area contributed by atoms with Gasteiger partial charge < -0.3 is 14.2 Å². The SMILES string of the molecule is CC/C=C\C/C=C\C/C=C\C/C=C\C/C=C\C/C=C\C/C=C\C/C=C\C/C=C\CCCCCCCC(=O)OCC(COC(=O)CCCCCCCCCCC)OC(=O)CCCCCCCCC/C=C\C/C=C\C/C=C\C/C=C\C/C=C\CC. The number of unbranched alkanes of at least 4 members (excludes halogenated alkanes) is 20. The van der Waals surface area contributed by atoms with Crippen molar-refractivity contribution in [2.75, 3.05) is 13.2 Å². The highest BCUT2D eigenvalue weighted by atomic mass is 16.6. The number of hydrogen-bond donors (Lipinski definition) is 0. The Hall–Kier alpha value is -5.23. The summed E-state index contributed by atoms with van der Waals surface area (Å²) in [7, 11) is 0. The van der Waals surface area contributed by atoms with E-state index in [0.717, 1.165) is 180 Å². The van der Waals surface area contributed by atoms with E-state index in [4.69, 9.17) is 14.2 Å². The van der Waals surface area contributed by atoms with E-state index in [2.05, 4.69) is 191 Å². The molecule has 1 unspecified atom stereocenters. The Kier molecular flexibility index (Phi) is 64.9. The van der Waals surface area contributed by atoms with E-state index < -0.39 is 6.10 Å². The first kappa shape index (κ1) is 77.8. The van der Waals surface area contributed by atoms with E-state index in [1.807, 2.05) is 0 Å². The van der Waals surface area contributed by atoms with Gasteiger partial charge in [-0.05, 0) is 135 Å². The first-order valence-electron chi connectivity index (χ1n) is 33.6. The van der Waals surface area contributed by atoms with Crippen molar-refractivity contribution in [2.24, 2.45) is 0 Å². The zero-order chi connectivity index (χ0) is 59.9. The van der Waals surface area contributed by atoms with Gasteiger partial charge in [0.15, 0.2) is 6.10 Å². The van der Waals surface area contributed by atoms with Gasteiger partial charge in [-0.1, -0.05) is 294 Å². The minimum absolute atomic E-state index is 0.0940. The maximum Gasteiger partial charge on any atom is 0.306 e. The van der Waals surface area contributed by atoms with Crippen molar-refractivity contribution < 1.29 is 28.6 Å². The van der Waals surface area contributed by atoms with Crippen LogP contribution < -0.4 is 0 Å².